The van der Waals surface area contributed by atoms with Crippen LogP contribution in [0.3, 0.4) is 0 Å². The molecule has 0 saturated carbocycles. The quantitative estimate of drug-likeness (QED) is 0.413. The Morgan fingerprint density at radius 2 is 1.59 bits per heavy atom. The van der Waals surface area contributed by atoms with E-state index in [2.05, 4.69) is 20.9 Å². The highest BCUT2D eigenvalue weighted by atomic mass is 19.1. The maximum atomic E-state index is 14.6. The average molecular weight is 511 g/mol. The second kappa shape index (κ2) is 11.9. The fourth-order valence-corrected chi connectivity index (χ4v) is 3.37. The predicted octanol–water partition coefficient (Wildman–Crippen LogP) is 3.98. The van der Waals surface area contributed by atoms with Gasteiger partial charge in [-0.1, -0.05) is 0 Å². The molecule has 1 aromatic heterocycles. The lowest BCUT2D eigenvalue weighted by Crippen LogP contribution is -2.43. The minimum absolute atomic E-state index is 0.139. The maximum absolute atomic E-state index is 14.6. The van der Waals surface area contributed by atoms with Gasteiger partial charge in [-0.05, 0) is 42.5 Å². The van der Waals surface area contributed by atoms with Crippen molar-refractivity contribution in [3.05, 3.63) is 72.4 Å². The molecule has 0 bridgehead atoms. The lowest BCUT2D eigenvalue weighted by Gasteiger charge is -2.26. The number of benzene rings is 2. The SMILES string of the molecule is O=C(CC(=O)Nc1ccc(Oc2ccnc(NC(=O)N3CCOCC3)c2)cc1F)Nc1ccc(F)cc1. The molecule has 1 aliphatic rings. The van der Waals surface area contributed by atoms with Crippen LogP contribution in [-0.4, -0.2) is 54.0 Å². The molecule has 10 nitrogen and oxygen atoms in total. The molecule has 1 saturated heterocycles. The van der Waals surface area contributed by atoms with Crippen LogP contribution >= 0.6 is 0 Å². The molecule has 2 aromatic carbocycles. The highest BCUT2D eigenvalue weighted by Crippen LogP contribution is 2.27. The van der Waals surface area contributed by atoms with E-state index in [1.165, 1.54) is 54.7 Å². The molecule has 192 valence electrons. The number of pyridine rings is 1. The molecule has 3 aromatic rings. The van der Waals surface area contributed by atoms with Crippen molar-refractivity contribution in [2.75, 3.05) is 42.3 Å². The normalized spacial score (nSPS) is 13.0. The molecule has 37 heavy (non-hydrogen) atoms. The third-order valence-corrected chi connectivity index (χ3v) is 5.16. The number of ether oxygens (including phenoxy) is 2. The number of nitrogens with zero attached hydrogens (tertiary/aromatic N) is 2. The summed E-state index contributed by atoms with van der Waals surface area (Å²) in [6.07, 6.45) is 0.872. The highest BCUT2D eigenvalue weighted by Gasteiger charge is 2.17. The number of hydrogen-bond donors (Lipinski definition) is 3. The number of halogens is 2. The third-order valence-electron chi connectivity index (χ3n) is 5.16. The van der Waals surface area contributed by atoms with Gasteiger partial charge in [-0.3, -0.25) is 14.9 Å². The molecule has 0 atom stereocenters. The average Bonchev–Trinajstić information content (AvgIpc) is 2.88. The number of carbonyl (C=O) groups is 3. The third kappa shape index (κ3) is 7.45. The van der Waals surface area contributed by atoms with Gasteiger partial charge in [0.25, 0.3) is 0 Å². The van der Waals surface area contributed by atoms with Crippen LogP contribution in [0.1, 0.15) is 6.42 Å². The molecule has 12 heteroatoms. The highest BCUT2D eigenvalue weighted by molar-refractivity contribution is 6.08. The van der Waals surface area contributed by atoms with E-state index < -0.39 is 29.9 Å². The molecule has 0 spiro atoms. The van der Waals surface area contributed by atoms with Gasteiger partial charge in [0.2, 0.25) is 11.8 Å². The first-order chi connectivity index (χ1) is 17.9. The summed E-state index contributed by atoms with van der Waals surface area (Å²) in [5.41, 5.74) is 0.187. The van der Waals surface area contributed by atoms with Crippen molar-refractivity contribution >= 4 is 35.0 Å². The van der Waals surface area contributed by atoms with Gasteiger partial charge in [0.05, 0.1) is 18.9 Å². The minimum Gasteiger partial charge on any atom is -0.457 e. The molecule has 0 aliphatic carbocycles. The summed E-state index contributed by atoms with van der Waals surface area (Å²) in [5, 5.41) is 7.46. The zero-order valence-electron chi connectivity index (χ0n) is 19.5. The van der Waals surface area contributed by atoms with Gasteiger partial charge in [0, 0.05) is 37.1 Å². The Kier molecular flexibility index (Phi) is 8.21. The first-order valence-corrected chi connectivity index (χ1v) is 11.3. The molecule has 4 amide bonds. The summed E-state index contributed by atoms with van der Waals surface area (Å²) in [7, 11) is 0. The standard InChI is InChI=1S/C25H23F2N5O5/c26-16-1-3-17(4-2-16)29-23(33)15-24(34)30-21-6-5-18(13-20(21)27)37-19-7-8-28-22(14-19)31-25(35)32-9-11-36-12-10-32/h1-8,13-14H,9-12,15H2,(H,29,33)(H,30,34)(H,28,31,35). The van der Waals surface area contributed by atoms with E-state index in [1.807, 2.05) is 0 Å². The fraction of sp³-hybridized carbons (Fsp3) is 0.200. The van der Waals surface area contributed by atoms with Gasteiger partial charge < -0.3 is 25.0 Å². The fourth-order valence-electron chi connectivity index (χ4n) is 3.37. The lowest BCUT2D eigenvalue weighted by atomic mass is 10.2. The molecular formula is C25H23F2N5O5. The van der Waals surface area contributed by atoms with Crippen LogP contribution < -0.4 is 20.7 Å². The van der Waals surface area contributed by atoms with E-state index in [9.17, 15) is 23.2 Å². The number of anilines is 3. The molecule has 0 unspecified atom stereocenters. The number of aromatic nitrogens is 1. The van der Waals surface area contributed by atoms with Crippen molar-refractivity contribution in [2.45, 2.75) is 6.42 Å². The Morgan fingerprint density at radius 3 is 2.32 bits per heavy atom. The van der Waals surface area contributed by atoms with Crippen molar-refractivity contribution in [2.24, 2.45) is 0 Å². The van der Waals surface area contributed by atoms with Crippen LogP contribution in [0.15, 0.2) is 60.8 Å². The van der Waals surface area contributed by atoms with E-state index >= 15 is 0 Å². The summed E-state index contributed by atoms with van der Waals surface area (Å²) in [4.78, 5) is 42.2. The van der Waals surface area contributed by atoms with E-state index in [-0.39, 0.29) is 23.3 Å². The van der Waals surface area contributed by atoms with E-state index in [0.717, 1.165) is 6.07 Å². The van der Waals surface area contributed by atoms with E-state index in [1.54, 1.807) is 4.90 Å². The van der Waals surface area contributed by atoms with E-state index in [0.29, 0.717) is 37.7 Å². The van der Waals surface area contributed by atoms with Crippen LogP contribution in [-0.2, 0) is 14.3 Å². The van der Waals surface area contributed by atoms with E-state index in [4.69, 9.17) is 9.47 Å². The molecule has 0 radical (unpaired) electrons. The zero-order chi connectivity index (χ0) is 26.2. The largest absolute Gasteiger partial charge is 0.457 e. The molecule has 2 heterocycles. The summed E-state index contributed by atoms with van der Waals surface area (Å²) in [5.74, 6) is -1.90. The number of rotatable bonds is 7. The first-order valence-electron chi connectivity index (χ1n) is 11.3. The summed E-state index contributed by atoms with van der Waals surface area (Å²) >= 11 is 0. The maximum Gasteiger partial charge on any atom is 0.323 e. The Morgan fingerprint density at radius 1 is 0.892 bits per heavy atom. The Balaban J connectivity index is 1.31. The Labute approximate surface area is 210 Å². The van der Waals surface area contributed by atoms with Gasteiger partial charge in [0.15, 0.2) is 0 Å². The van der Waals surface area contributed by atoms with Gasteiger partial charge in [-0.25, -0.2) is 18.6 Å². The number of morpholine rings is 1. The van der Waals surface area contributed by atoms with Crippen molar-refractivity contribution in [1.29, 1.82) is 0 Å². The van der Waals surface area contributed by atoms with Crippen molar-refractivity contribution < 1.29 is 32.6 Å². The number of hydrogen-bond acceptors (Lipinski definition) is 6. The lowest BCUT2D eigenvalue weighted by molar-refractivity contribution is -0.123. The minimum atomic E-state index is -0.778. The Hall–Kier alpha value is -4.58. The smallest absolute Gasteiger partial charge is 0.323 e. The second-order valence-electron chi connectivity index (χ2n) is 7.93. The van der Waals surface area contributed by atoms with Gasteiger partial charge in [0.1, 0.15) is 35.4 Å². The van der Waals surface area contributed by atoms with Gasteiger partial charge in [-0.15, -0.1) is 0 Å². The summed E-state index contributed by atoms with van der Waals surface area (Å²) in [6.45, 7) is 1.89. The summed E-state index contributed by atoms with van der Waals surface area (Å²) in [6, 6.07) is 11.6. The van der Waals surface area contributed by atoms with Crippen LogP contribution in [0, 0.1) is 11.6 Å². The monoisotopic (exact) mass is 511 g/mol. The topological polar surface area (TPSA) is 122 Å². The van der Waals surface area contributed by atoms with Crippen molar-refractivity contribution in [3.8, 4) is 11.5 Å². The first kappa shape index (κ1) is 25.5. The molecular weight excluding hydrogens is 488 g/mol. The number of amides is 4. The van der Waals surface area contributed by atoms with Gasteiger partial charge >= 0.3 is 6.03 Å². The Bertz CT molecular complexity index is 1280. The number of carbonyl (C=O) groups excluding carboxylic acids is 3. The zero-order valence-corrected chi connectivity index (χ0v) is 19.5. The predicted molar refractivity (Wildman–Crippen MR) is 130 cm³/mol. The van der Waals surface area contributed by atoms with Crippen LogP contribution in [0.25, 0.3) is 0 Å². The molecule has 1 aliphatic heterocycles. The van der Waals surface area contributed by atoms with Gasteiger partial charge in [-0.2, -0.15) is 0 Å². The number of urea groups is 1. The molecule has 1 fully saturated rings. The van der Waals surface area contributed by atoms with Crippen molar-refractivity contribution in [3.63, 3.8) is 0 Å². The van der Waals surface area contributed by atoms with Crippen LogP contribution in [0.2, 0.25) is 0 Å². The van der Waals surface area contributed by atoms with Crippen LogP contribution in [0.5, 0.6) is 11.5 Å². The number of nitrogens with one attached hydrogen (secondary N) is 3. The molecule has 3 N–H and O–H groups in total. The second-order valence-corrected chi connectivity index (χ2v) is 7.93. The van der Waals surface area contributed by atoms with Crippen LogP contribution in [0.4, 0.5) is 30.8 Å². The molecule has 4 rings (SSSR count). The van der Waals surface area contributed by atoms with Crippen molar-refractivity contribution in [1.82, 2.24) is 9.88 Å². The summed E-state index contributed by atoms with van der Waals surface area (Å²) < 4.78 is 38.4.